The molecule has 158 valence electrons. The highest BCUT2D eigenvalue weighted by molar-refractivity contribution is 7.20. The number of piperidine rings is 1. The number of furan rings is 1. The molecule has 0 spiro atoms. The quantitative estimate of drug-likeness (QED) is 0.688. The largest absolute Gasteiger partial charge is 0.465 e. The van der Waals surface area contributed by atoms with Crippen molar-refractivity contribution in [2.24, 2.45) is 5.92 Å². The Bertz CT molecular complexity index is 1150. The molecule has 1 saturated heterocycles. The number of nitrogens with zero attached hydrogens (tertiary/aromatic N) is 4. The molecule has 1 N–H and O–H groups in total. The molecule has 0 saturated carbocycles. The molecule has 9 heteroatoms. The summed E-state index contributed by atoms with van der Waals surface area (Å²) >= 11 is 1.44. The number of carbonyl (C=O) groups is 1. The van der Waals surface area contributed by atoms with Crippen molar-refractivity contribution in [2.45, 2.75) is 52.0 Å². The predicted molar refractivity (Wildman–Crippen MR) is 114 cm³/mol. The van der Waals surface area contributed by atoms with Crippen LogP contribution in [0.3, 0.4) is 0 Å². The molecule has 5 rings (SSSR count). The van der Waals surface area contributed by atoms with Gasteiger partial charge in [0, 0.05) is 18.7 Å². The monoisotopic (exact) mass is 427 g/mol. The molecular weight excluding hydrogens is 402 g/mol. The highest BCUT2D eigenvalue weighted by Gasteiger charge is 2.28. The second-order valence-electron chi connectivity index (χ2n) is 8.14. The lowest BCUT2D eigenvalue weighted by Gasteiger charge is -2.31. The van der Waals surface area contributed by atoms with Gasteiger partial charge in [0.05, 0.1) is 18.2 Å². The highest BCUT2D eigenvalue weighted by Crippen LogP contribution is 2.28. The summed E-state index contributed by atoms with van der Waals surface area (Å²) in [5.41, 5.74) is 1.72. The standard InChI is InChI=1S/C21H25N5O3S/c1-13-8-9-15(29-13)11-22-18(27)14-5-4-10-25(12-14)21-24-26-19(28)16-6-2-3-7-17(16)23-20(26)30-21/h8-9,14H,2-7,10-12H2,1H3,(H,22,27). The van der Waals surface area contributed by atoms with Gasteiger partial charge in [-0.3, -0.25) is 9.59 Å². The first-order valence-electron chi connectivity index (χ1n) is 10.6. The van der Waals surface area contributed by atoms with Crippen molar-refractivity contribution in [1.82, 2.24) is 19.9 Å². The Morgan fingerprint density at radius 1 is 1.30 bits per heavy atom. The Labute approximate surface area is 177 Å². The third kappa shape index (κ3) is 3.62. The summed E-state index contributed by atoms with van der Waals surface area (Å²) in [6.07, 6.45) is 5.53. The molecule has 8 nitrogen and oxygen atoms in total. The van der Waals surface area contributed by atoms with E-state index in [0.29, 0.717) is 18.1 Å². The molecular formula is C21H25N5O3S. The third-order valence-corrected chi connectivity index (χ3v) is 6.93. The van der Waals surface area contributed by atoms with Gasteiger partial charge < -0.3 is 14.6 Å². The van der Waals surface area contributed by atoms with Gasteiger partial charge in [0.2, 0.25) is 16.0 Å². The first-order valence-corrected chi connectivity index (χ1v) is 11.4. The van der Waals surface area contributed by atoms with Crippen LogP contribution in [0, 0.1) is 12.8 Å². The molecule has 1 aliphatic heterocycles. The Kier molecular flexibility index (Phi) is 5.06. The first kappa shape index (κ1) is 19.3. The minimum atomic E-state index is -0.111. The number of aromatic nitrogens is 3. The van der Waals surface area contributed by atoms with Crippen LogP contribution in [-0.2, 0) is 24.2 Å². The van der Waals surface area contributed by atoms with Crippen LogP contribution >= 0.6 is 11.3 Å². The second kappa shape index (κ2) is 7.86. The van der Waals surface area contributed by atoms with E-state index in [9.17, 15) is 9.59 Å². The number of amides is 1. The SMILES string of the molecule is Cc1ccc(CNC(=O)C2CCCN(c3nn4c(=O)c5c(nc4s3)CCCC5)C2)o1. The van der Waals surface area contributed by atoms with Crippen molar-refractivity contribution < 1.29 is 9.21 Å². The summed E-state index contributed by atoms with van der Waals surface area (Å²) in [6, 6.07) is 3.78. The van der Waals surface area contributed by atoms with E-state index in [0.717, 1.165) is 73.0 Å². The van der Waals surface area contributed by atoms with Crippen LogP contribution in [0.5, 0.6) is 0 Å². The van der Waals surface area contributed by atoms with Crippen LogP contribution in [0.15, 0.2) is 21.3 Å². The van der Waals surface area contributed by atoms with Gasteiger partial charge >= 0.3 is 0 Å². The topological polar surface area (TPSA) is 92.7 Å². The van der Waals surface area contributed by atoms with Crippen molar-refractivity contribution in [3.05, 3.63) is 45.3 Å². The van der Waals surface area contributed by atoms with E-state index in [1.54, 1.807) is 0 Å². The van der Waals surface area contributed by atoms with Gasteiger partial charge in [-0.2, -0.15) is 4.52 Å². The molecule has 0 radical (unpaired) electrons. The molecule has 1 unspecified atom stereocenters. The number of anilines is 1. The minimum absolute atomic E-state index is 0.0284. The molecule has 2 aliphatic rings. The fourth-order valence-corrected chi connectivity index (χ4v) is 5.30. The normalized spacial score (nSPS) is 19.1. The van der Waals surface area contributed by atoms with Crippen LogP contribution in [0.4, 0.5) is 5.13 Å². The summed E-state index contributed by atoms with van der Waals surface area (Å²) < 4.78 is 6.98. The Morgan fingerprint density at radius 2 is 2.17 bits per heavy atom. The lowest BCUT2D eigenvalue weighted by Crippen LogP contribution is -2.43. The maximum atomic E-state index is 12.8. The van der Waals surface area contributed by atoms with Crippen LogP contribution in [-0.4, -0.2) is 33.6 Å². The number of nitrogens with one attached hydrogen (secondary N) is 1. The zero-order valence-corrected chi connectivity index (χ0v) is 17.8. The fraction of sp³-hybridized carbons (Fsp3) is 0.524. The van der Waals surface area contributed by atoms with Crippen LogP contribution in [0.25, 0.3) is 4.96 Å². The maximum absolute atomic E-state index is 12.8. The summed E-state index contributed by atoms with van der Waals surface area (Å²) in [4.78, 5) is 33.0. The average Bonchev–Trinajstić information content (AvgIpc) is 3.38. The first-order chi connectivity index (χ1) is 14.6. The molecule has 1 aliphatic carbocycles. The van der Waals surface area contributed by atoms with Crippen molar-refractivity contribution >= 4 is 27.3 Å². The molecule has 1 atom stereocenters. The predicted octanol–water partition coefficient (Wildman–Crippen LogP) is 2.46. The number of hydrogen-bond donors (Lipinski definition) is 1. The lowest BCUT2D eigenvalue weighted by molar-refractivity contribution is -0.125. The van der Waals surface area contributed by atoms with Crippen LogP contribution in [0.1, 0.15) is 48.5 Å². The van der Waals surface area contributed by atoms with Crippen LogP contribution < -0.4 is 15.8 Å². The number of fused-ring (bicyclic) bond motifs is 2. The van der Waals surface area contributed by atoms with Gasteiger partial charge in [-0.15, -0.1) is 5.10 Å². The molecule has 3 aromatic heterocycles. The maximum Gasteiger partial charge on any atom is 0.278 e. The number of aryl methyl sites for hydroxylation is 2. The summed E-state index contributed by atoms with van der Waals surface area (Å²) in [6.45, 7) is 3.71. The van der Waals surface area contributed by atoms with E-state index in [2.05, 4.69) is 15.3 Å². The second-order valence-corrected chi connectivity index (χ2v) is 9.08. The minimum Gasteiger partial charge on any atom is -0.465 e. The smallest absolute Gasteiger partial charge is 0.278 e. The molecule has 0 bridgehead atoms. The number of rotatable bonds is 4. The van der Waals surface area contributed by atoms with Gasteiger partial charge in [0.1, 0.15) is 11.5 Å². The van der Waals surface area contributed by atoms with E-state index in [-0.39, 0.29) is 17.4 Å². The lowest BCUT2D eigenvalue weighted by atomic mass is 9.97. The van der Waals surface area contributed by atoms with E-state index < -0.39 is 0 Å². The highest BCUT2D eigenvalue weighted by atomic mass is 32.1. The van der Waals surface area contributed by atoms with Gasteiger partial charge in [-0.05, 0) is 57.6 Å². The summed E-state index contributed by atoms with van der Waals surface area (Å²) in [7, 11) is 0. The molecule has 0 aromatic carbocycles. The molecule has 1 amide bonds. The van der Waals surface area contributed by atoms with Gasteiger partial charge in [0.15, 0.2) is 0 Å². The number of hydrogen-bond acceptors (Lipinski definition) is 7. The Hall–Kier alpha value is -2.68. The molecule has 4 heterocycles. The van der Waals surface area contributed by atoms with E-state index in [1.807, 2.05) is 19.1 Å². The summed E-state index contributed by atoms with van der Waals surface area (Å²) in [5, 5.41) is 8.32. The van der Waals surface area contributed by atoms with Gasteiger partial charge in [0.25, 0.3) is 5.56 Å². The van der Waals surface area contributed by atoms with Crippen molar-refractivity contribution in [3.63, 3.8) is 0 Å². The Balaban J connectivity index is 1.32. The number of carbonyl (C=O) groups excluding carboxylic acids is 1. The Morgan fingerprint density at radius 3 is 3.00 bits per heavy atom. The average molecular weight is 428 g/mol. The van der Waals surface area contributed by atoms with Crippen molar-refractivity contribution in [3.8, 4) is 0 Å². The van der Waals surface area contributed by atoms with Crippen molar-refractivity contribution in [1.29, 1.82) is 0 Å². The van der Waals surface area contributed by atoms with E-state index >= 15 is 0 Å². The molecule has 3 aromatic rings. The zero-order valence-electron chi connectivity index (χ0n) is 17.0. The summed E-state index contributed by atoms with van der Waals surface area (Å²) in [5.74, 6) is 1.51. The van der Waals surface area contributed by atoms with Gasteiger partial charge in [-0.1, -0.05) is 11.3 Å². The van der Waals surface area contributed by atoms with Gasteiger partial charge in [-0.25, -0.2) is 4.98 Å². The van der Waals surface area contributed by atoms with E-state index in [1.165, 1.54) is 15.9 Å². The fourth-order valence-electron chi connectivity index (χ4n) is 4.35. The van der Waals surface area contributed by atoms with Crippen molar-refractivity contribution in [2.75, 3.05) is 18.0 Å². The van der Waals surface area contributed by atoms with Crippen LogP contribution in [0.2, 0.25) is 0 Å². The molecule has 1 fully saturated rings. The van der Waals surface area contributed by atoms with E-state index in [4.69, 9.17) is 9.40 Å². The third-order valence-electron chi connectivity index (χ3n) is 5.96. The zero-order chi connectivity index (χ0) is 20.7. The molecule has 30 heavy (non-hydrogen) atoms.